The number of nitrogens with one attached hydrogen (secondary N) is 2. The molecule has 2 N–H and O–H groups in total. The van der Waals surface area contributed by atoms with Gasteiger partial charge in [-0.25, -0.2) is 0 Å². The third-order valence-corrected chi connectivity index (χ3v) is 4.10. The summed E-state index contributed by atoms with van der Waals surface area (Å²) in [5, 5.41) is 5.12. The highest BCUT2D eigenvalue weighted by molar-refractivity contribution is 6.10. The Labute approximate surface area is 161 Å². The number of ether oxygens (including phenoxy) is 1. The largest absolute Gasteiger partial charge is 0.454 e. The van der Waals surface area contributed by atoms with E-state index in [9.17, 15) is 19.2 Å². The lowest BCUT2D eigenvalue weighted by atomic mass is 10.1. The van der Waals surface area contributed by atoms with E-state index >= 15 is 0 Å². The van der Waals surface area contributed by atoms with Crippen molar-refractivity contribution in [1.29, 1.82) is 0 Å². The number of hydrogen-bond acceptors (Lipinski definition) is 5. The van der Waals surface area contributed by atoms with Crippen LogP contribution in [0.2, 0.25) is 0 Å². The van der Waals surface area contributed by atoms with Crippen molar-refractivity contribution in [2.45, 2.75) is 6.92 Å². The van der Waals surface area contributed by atoms with E-state index in [0.29, 0.717) is 16.9 Å². The topological polar surface area (TPSA) is 105 Å². The van der Waals surface area contributed by atoms with Gasteiger partial charge in [0.2, 0.25) is 5.91 Å². The van der Waals surface area contributed by atoms with Gasteiger partial charge >= 0.3 is 5.97 Å². The van der Waals surface area contributed by atoms with Crippen LogP contribution >= 0.6 is 0 Å². The summed E-state index contributed by atoms with van der Waals surface area (Å²) >= 11 is 0. The summed E-state index contributed by atoms with van der Waals surface area (Å²) in [5.74, 6) is -2.01. The molecular formula is C20H19N3O5. The summed E-state index contributed by atoms with van der Waals surface area (Å²) in [7, 11) is 0. The number of para-hydroxylation sites is 2. The predicted octanol–water partition coefficient (Wildman–Crippen LogP) is 1.25. The molecule has 0 saturated heterocycles. The summed E-state index contributed by atoms with van der Waals surface area (Å²) in [6.45, 7) is 0.811. The Morgan fingerprint density at radius 3 is 2.71 bits per heavy atom. The highest BCUT2D eigenvalue weighted by Gasteiger charge is 2.27. The van der Waals surface area contributed by atoms with Gasteiger partial charge < -0.3 is 15.4 Å². The van der Waals surface area contributed by atoms with Crippen LogP contribution < -0.4 is 15.5 Å². The molecule has 3 amide bonds. The van der Waals surface area contributed by atoms with E-state index < -0.39 is 24.4 Å². The molecule has 1 aliphatic heterocycles. The molecule has 0 unspecified atom stereocenters. The van der Waals surface area contributed by atoms with Gasteiger partial charge in [-0.1, -0.05) is 29.8 Å². The third kappa shape index (κ3) is 4.53. The molecule has 28 heavy (non-hydrogen) atoms. The van der Waals surface area contributed by atoms with E-state index in [2.05, 4.69) is 10.6 Å². The molecule has 144 valence electrons. The molecule has 0 aliphatic carbocycles. The Kier molecular flexibility index (Phi) is 5.69. The molecule has 2 aromatic rings. The molecule has 0 fully saturated rings. The third-order valence-electron chi connectivity index (χ3n) is 4.10. The molecule has 0 saturated carbocycles. The van der Waals surface area contributed by atoms with Crippen LogP contribution in [0.25, 0.3) is 0 Å². The molecule has 0 aromatic heterocycles. The maximum atomic E-state index is 12.4. The van der Waals surface area contributed by atoms with E-state index in [1.54, 1.807) is 42.5 Å². The Hall–Kier alpha value is -3.68. The molecule has 1 heterocycles. The van der Waals surface area contributed by atoms with Crippen LogP contribution in [0.1, 0.15) is 15.9 Å². The second-order valence-corrected chi connectivity index (χ2v) is 6.26. The number of rotatable bonds is 5. The van der Waals surface area contributed by atoms with Crippen molar-refractivity contribution < 1.29 is 23.9 Å². The maximum absolute atomic E-state index is 12.4. The van der Waals surface area contributed by atoms with Gasteiger partial charge in [0.25, 0.3) is 11.8 Å². The highest BCUT2D eigenvalue weighted by Crippen LogP contribution is 2.28. The lowest BCUT2D eigenvalue weighted by molar-refractivity contribution is -0.146. The number of nitrogens with zero attached hydrogens (tertiary/aromatic N) is 1. The molecule has 0 atom stereocenters. The predicted molar refractivity (Wildman–Crippen MR) is 102 cm³/mol. The van der Waals surface area contributed by atoms with Crippen LogP contribution in [-0.2, 0) is 19.1 Å². The van der Waals surface area contributed by atoms with E-state index in [1.165, 1.54) is 4.90 Å². The number of fused-ring (bicyclic) bond motifs is 1. The van der Waals surface area contributed by atoms with Gasteiger partial charge in [0.1, 0.15) is 13.1 Å². The van der Waals surface area contributed by atoms with Crippen molar-refractivity contribution in [1.82, 2.24) is 5.32 Å². The normalized spacial score (nSPS) is 12.6. The summed E-state index contributed by atoms with van der Waals surface area (Å²) < 4.78 is 4.94. The van der Waals surface area contributed by atoms with Crippen LogP contribution in [0.4, 0.5) is 11.4 Å². The fourth-order valence-corrected chi connectivity index (χ4v) is 2.77. The maximum Gasteiger partial charge on any atom is 0.325 e. The Bertz CT molecular complexity index is 941. The smallest absolute Gasteiger partial charge is 0.325 e. The SMILES string of the molecule is Cc1cccc(C(=O)NCC(=O)OCC(=O)N2CC(=O)Nc3ccccc32)c1. The van der Waals surface area contributed by atoms with Crippen molar-refractivity contribution >= 4 is 35.1 Å². The van der Waals surface area contributed by atoms with Crippen LogP contribution in [-0.4, -0.2) is 43.4 Å². The molecule has 8 heteroatoms. The second kappa shape index (κ2) is 8.34. The second-order valence-electron chi connectivity index (χ2n) is 6.26. The zero-order valence-electron chi connectivity index (χ0n) is 15.2. The number of hydrogen-bond donors (Lipinski definition) is 2. The first-order chi connectivity index (χ1) is 13.4. The van der Waals surface area contributed by atoms with Crippen LogP contribution in [0.3, 0.4) is 0 Å². The first kappa shape index (κ1) is 19.1. The summed E-state index contributed by atoms with van der Waals surface area (Å²) in [6, 6.07) is 13.8. The van der Waals surface area contributed by atoms with Crippen molar-refractivity contribution in [3.63, 3.8) is 0 Å². The molecule has 8 nitrogen and oxygen atoms in total. The number of benzene rings is 2. The van der Waals surface area contributed by atoms with Crippen LogP contribution in [0, 0.1) is 6.92 Å². The Balaban J connectivity index is 1.51. The van der Waals surface area contributed by atoms with Gasteiger partial charge in [0, 0.05) is 5.56 Å². The fraction of sp³-hybridized carbons (Fsp3) is 0.200. The quantitative estimate of drug-likeness (QED) is 0.759. The minimum absolute atomic E-state index is 0.155. The van der Waals surface area contributed by atoms with Gasteiger partial charge in [0.05, 0.1) is 11.4 Å². The summed E-state index contributed by atoms with van der Waals surface area (Å²) in [6.07, 6.45) is 0. The van der Waals surface area contributed by atoms with Crippen molar-refractivity contribution in [2.24, 2.45) is 0 Å². The number of amides is 3. The molecule has 2 aromatic carbocycles. The number of anilines is 2. The lowest BCUT2D eigenvalue weighted by Crippen LogP contribution is -2.44. The van der Waals surface area contributed by atoms with Gasteiger partial charge in [0.15, 0.2) is 6.61 Å². The van der Waals surface area contributed by atoms with Crippen LogP contribution in [0.5, 0.6) is 0 Å². The van der Waals surface area contributed by atoms with Gasteiger partial charge in [-0.15, -0.1) is 0 Å². The van der Waals surface area contributed by atoms with Crippen molar-refractivity contribution in [2.75, 3.05) is 29.9 Å². The standard InChI is InChI=1S/C20H19N3O5/c1-13-5-4-6-14(9-13)20(27)21-10-19(26)28-12-18(25)23-11-17(24)22-15-7-2-3-8-16(15)23/h2-9H,10-12H2,1H3,(H,21,27)(H,22,24). The fourth-order valence-electron chi connectivity index (χ4n) is 2.77. The minimum Gasteiger partial charge on any atom is -0.454 e. The van der Waals surface area contributed by atoms with Crippen LogP contribution in [0.15, 0.2) is 48.5 Å². The summed E-state index contributed by atoms with van der Waals surface area (Å²) in [4.78, 5) is 49.3. The Morgan fingerprint density at radius 1 is 1.14 bits per heavy atom. The van der Waals surface area contributed by atoms with Crippen molar-refractivity contribution in [3.8, 4) is 0 Å². The van der Waals surface area contributed by atoms with E-state index in [4.69, 9.17) is 4.74 Å². The van der Waals surface area contributed by atoms with Gasteiger partial charge in [-0.3, -0.25) is 24.1 Å². The molecule has 1 aliphatic rings. The van der Waals surface area contributed by atoms with Gasteiger partial charge in [-0.05, 0) is 31.2 Å². The monoisotopic (exact) mass is 381 g/mol. The molecule has 0 bridgehead atoms. The average molecular weight is 381 g/mol. The van der Waals surface area contributed by atoms with Crippen molar-refractivity contribution in [3.05, 3.63) is 59.7 Å². The number of aryl methyl sites for hydroxylation is 1. The highest BCUT2D eigenvalue weighted by atomic mass is 16.5. The molecule has 0 radical (unpaired) electrons. The zero-order chi connectivity index (χ0) is 20.1. The minimum atomic E-state index is -0.746. The number of esters is 1. The van der Waals surface area contributed by atoms with E-state index in [1.807, 2.05) is 13.0 Å². The van der Waals surface area contributed by atoms with Gasteiger partial charge in [-0.2, -0.15) is 0 Å². The molecular weight excluding hydrogens is 362 g/mol. The Morgan fingerprint density at radius 2 is 1.93 bits per heavy atom. The van der Waals surface area contributed by atoms with E-state index in [-0.39, 0.29) is 19.0 Å². The zero-order valence-corrected chi connectivity index (χ0v) is 15.2. The first-order valence-corrected chi connectivity index (χ1v) is 8.64. The molecule has 0 spiro atoms. The summed E-state index contributed by atoms with van der Waals surface area (Å²) in [5.41, 5.74) is 2.41. The lowest BCUT2D eigenvalue weighted by Gasteiger charge is -2.28. The first-order valence-electron chi connectivity index (χ1n) is 8.64. The number of carbonyl (C=O) groups excluding carboxylic acids is 4. The van der Waals surface area contributed by atoms with E-state index in [0.717, 1.165) is 5.56 Å². The average Bonchev–Trinajstić information content (AvgIpc) is 2.69. The molecule has 3 rings (SSSR count). The number of carbonyl (C=O) groups is 4.